The smallest absolute Gasteiger partial charge is 0.462 e. The summed E-state index contributed by atoms with van der Waals surface area (Å²) in [6.07, 6.45) is 16.0. The number of aliphatic hydroxyl groups excluding tert-OH is 4. The standard InChI is InChI=1S/C39H72O16P2/c1-4-5-13-19-31(40)23-24-35-34(36(42)25-37(35)43)20-15-11-12-17-22-39(45)55-33(29-54-57(49,50)53-27-32(41)26-52-56(46,47)48)28-51-38(44)21-16-10-8-6-7-9-14-18-30(2)3/h11,15,23-24,30-37,40-43H,4-10,12-14,16-22,25-29H2,1-3H3,(H,49,50)(H2,46,47,48)/b15-11+,24-23+/t31-,32-,33+,34+,35+,36-,37+/m0/s1. The van der Waals surface area contributed by atoms with Gasteiger partial charge in [-0.3, -0.25) is 23.2 Å². The molecule has 8 atom stereocenters. The average Bonchev–Trinajstić information content (AvgIpc) is 3.41. The molecule has 0 heterocycles. The van der Waals surface area contributed by atoms with Crippen molar-refractivity contribution in [3.63, 3.8) is 0 Å². The van der Waals surface area contributed by atoms with E-state index in [1.807, 2.05) is 12.2 Å². The third-order valence-corrected chi connectivity index (χ3v) is 11.0. The molecule has 1 rings (SSSR count). The normalized spacial score (nSPS) is 21.6. The number of unbranched alkanes of at least 4 members (excludes halogenated alkanes) is 9. The van der Waals surface area contributed by atoms with Crippen molar-refractivity contribution in [2.45, 2.75) is 167 Å². The number of hydrogen-bond acceptors (Lipinski definition) is 13. The molecular formula is C39H72O16P2. The number of aliphatic hydroxyl groups is 4. The van der Waals surface area contributed by atoms with Gasteiger partial charge in [0.05, 0.1) is 38.1 Å². The van der Waals surface area contributed by atoms with E-state index in [0.717, 1.165) is 44.9 Å². The Morgan fingerprint density at radius 1 is 0.737 bits per heavy atom. The summed E-state index contributed by atoms with van der Waals surface area (Å²) in [6, 6.07) is 0. The molecule has 0 radical (unpaired) electrons. The van der Waals surface area contributed by atoms with E-state index in [9.17, 15) is 44.0 Å². The van der Waals surface area contributed by atoms with Crippen LogP contribution in [0.3, 0.4) is 0 Å². The Morgan fingerprint density at radius 2 is 1.35 bits per heavy atom. The minimum Gasteiger partial charge on any atom is -0.462 e. The summed E-state index contributed by atoms with van der Waals surface area (Å²) in [5.74, 6) is -1.03. The highest BCUT2D eigenvalue weighted by molar-refractivity contribution is 7.47. The summed E-state index contributed by atoms with van der Waals surface area (Å²) in [5.41, 5.74) is 0. The molecule has 1 fully saturated rings. The zero-order chi connectivity index (χ0) is 42.7. The molecule has 334 valence electrons. The molecule has 1 aliphatic rings. The number of phosphoric acid groups is 2. The topological polar surface area (TPSA) is 256 Å². The monoisotopic (exact) mass is 858 g/mol. The van der Waals surface area contributed by atoms with Gasteiger partial charge in [0.15, 0.2) is 6.10 Å². The molecule has 1 aliphatic carbocycles. The minimum absolute atomic E-state index is 0.0443. The first kappa shape index (κ1) is 53.5. The third kappa shape index (κ3) is 28.6. The maximum Gasteiger partial charge on any atom is 0.472 e. The van der Waals surface area contributed by atoms with Crippen LogP contribution in [0.5, 0.6) is 0 Å². The number of rotatable bonds is 34. The van der Waals surface area contributed by atoms with Crippen molar-refractivity contribution in [2.24, 2.45) is 17.8 Å². The molecule has 0 saturated heterocycles. The summed E-state index contributed by atoms with van der Waals surface area (Å²) >= 11 is 0. The van der Waals surface area contributed by atoms with Gasteiger partial charge in [-0.15, -0.1) is 0 Å². The van der Waals surface area contributed by atoms with E-state index in [0.29, 0.717) is 38.0 Å². The van der Waals surface area contributed by atoms with Gasteiger partial charge >= 0.3 is 27.6 Å². The Hall–Kier alpha value is -1.52. The van der Waals surface area contributed by atoms with Crippen LogP contribution in [0.4, 0.5) is 0 Å². The molecule has 57 heavy (non-hydrogen) atoms. The average molecular weight is 859 g/mol. The summed E-state index contributed by atoms with van der Waals surface area (Å²) in [7, 11) is -9.76. The second-order valence-corrected chi connectivity index (χ2v) is 18.1. The van der Waals surface area contributed by atoms with E-state index in [1.165, 1.54) is 19.3 Å². The molecule has 0 amide bonds. The number of carbonyl (C=O) groups is 2. The van der Waals surface area contributed by atoms with Gasteiger partial charge in [0.25, 0.3) is 0 Å². The van der Waals surface area contributed by atoms with Gasteiger partial charge in [-0.25, -0.2) is 9.13 Å². The van der Waals surface area contributed by atoms with Gasteiger partial charge in [-0.1, -0.05) is 109 Å². The van der Waals surface area contributed by atoms with Gasteiger partial charge in [-0.05, 0) is 43.9 Å². The highest BCUT2D eigenvalue weighted by atomic mass is 31.2. The van der Waals surface area contributed by atoms with E-state index in [-0.39, 0.29) is 31.1 Å². The second-order valence-electron chi connectivity index (χ2n) is 15.4. The molecule has 0 aromatic rings. The van der Waals surface area contributed by atoms with Crippen LogP contribution in [0.25, 0.3) is 0 Å². The van der Waals surface area contributed by atoms with Gasteiger partial charge < -0.3 is 44.6 Å². The lowest BCUT2D eigenvalue weighted by atomic mass is 9.89. The molecule has 1 unspecified atom stereocenters. The van der Waals surface area contributed by atoms with E-state index in [1.54, 1.807) is 12.2 Å². The number of allylic oxidation sites excluding steroid dienone is 2. The van der Waals surface area contributed by atoms with Gasteiger partial charge in [-0.2, -0.15) is 0 Å². The first-order chi connectivity index (χ1) is 26.9. The molecule has 0 aromatic heterocycles. The van der Waals surface area contributed by atoms with Crippen LogP contribution in [0.1, 0.15) is 136 Å². The maximum absolute atomic E-state index is 12.7. The van der Waals surface area contributed by atoms with Crippen molar-refractivity contribution in [2.75, 3.05) is 26.4 Å². The lowest BCUT2D eigenvalue weighted by Crippen LogP contribution is -2.29. The second kappa shape index (κ2) is 30.5. The predicted molar refractivity (Wildman–Crippen MR) is 213 cm³/mol. The maximum atomic E-state index is 12.7. The van der Waals surface area contributed by atoms with E-state index >= 15 is 0 Å². The lowest BCUT2D eigenvalue weighted by molar-refractivity contribution is -0.161. The Balaban J connectivity index is 2.63. The number of phosphoric ester groups is 2. The Bertz CT molecular complexity index is 1240. The molecule has 18 heteroatoms. The molecule has 1 saturated carbocycles. The molecule has 0 aromatic carbocycles. The van der Waals surface area contributed by atoms with Crippen LogP contribution in [-0.4, -0.2) is 104 Å². The van der Waals surface area contributed by atoms with Crippen molar-refractivity contribution in [1.29, 1.82) is 0 Å². The number of esters is 2. The molecule has 7 N–H and O–H groups in total. The highest BCUT2D eigenvalue weighted by Gasteiger charge is 2.39. The quantitative estimate of drug-likeness (QED) is 0.0165. The van der Waals surface area contributed by atoms with Crippen LogP contribution in [0.2, 0.25) is 0 Å². The molecular weight excluding hydrogens is 786 g/mol. The summed E-state index contributed by atoms with van der Waals surface area (Å²) in [5, 5.41) is 41.0. The van der Waals surface area contributed by atoms with Crippen LogP contribution in [0.15, 0.2) is 24.3 Å². The Morgan fingerprint density at radius 3 is 2.02 bits per heavy atom. The Labute approximate surface area is 339 Å². The van der Waals surface area contributed by atoms with Crippen LogP contribution in [0, 0.1) is 17.8 Å². The van der Waals surface area contributed by atoms with E-state index < -0.39 is 84.5 Å². The Kier molecular flexibility index (Phi) is 28.6. The SMILES string of the molecule is CCCCC[C@H](O)/C=C/[C@@H]1[C@@H](C/C=C/CCCC(=O)O[C@H](COC(=O)CCCCCCCCCC(C)C)COP(=O)(O)OC[C@@H](O)COP(=O)(O)O)[C@@H](O)C[C@H]1O. The number of hydrogen-bond donors (Lipinski definition) is 7. The van der Waals surface area contributed by atoms with E-state index in [4.69, 9.17) is 23.8 Å². The lowest BCUT2D eigenvalue weighted by Gasteiger charge is -2.20. The van der Waals surface area contributed by atoms with Crippen LogP contribution < -0.4 is 0 Å². The number of carbonyl (C=O) groups excluding carboxylic acids is 2. The largest absolute Gasteiger partial charge is 0.472 e. The first-order valence-electron chi connectivity index (χ1n) is 20.6. The zero-order valence-electron chi connectivity index (χ0n) is 34.2. The van der Waals surface area contributed by atoms with Crippen molar-refractivity contribution in [3.8, 4) is 0 Å². The van der Waals surface area contributed by atoms with Crippen molar-refractivity contribution < 1.29 is 76.9 Å². The molecule has 0 bridgehead atoms. The fourth-order valence-corrected chi connectivity index (χ4v) is 7.50. The summed E-state index contributed by atoms with van der Waals surface area (Å²) < 4.78 is 47.6. The van der Waals surface area contributed by atoms with Gasteiger partial charge in [0.1, 0.15) is 12.7 Å². The third-order valence-electron chi connectivity index (χ3n) is 9.58. The first-order valence-corrected chi connectivity index (χ1v) is 23.7. The molecule has 0 aliphatic heterocycles. The van der Waals surface area contributed by atoms with Crippen molar-refractivity contribution in [1.82, 2.24) is 0 Å². The summed E-state index contributed by atoms with van der Waals surface area (Å²) in [6.45, 7) is 3.58. The number of ether oxygens (including phenoxy) is 2. The van der Waals surface area contributed by atoms with Gasteiger partial charge in [0.2, 0.25) is 0 Å². The van der Waals surface area contributed by atoms with Crippen molar-refractivity contribution >= 4 is 27.6 Å². The van der Waals surface area contributed by atoms with Crippen LogP contribution in [-0.2, 0) is 41.8 Å². The van der Waals surface area contributed by atoms with E-state index in [2.05, 4.69) is 29.8 Å². The molecule has 16 nitrogen and oxygen atoms in total. The summed E-state index contributed by atoms with van der Waals surface area (Å²) in [4.78, 5) is 52.7. The van der Waals surface area contributed by atoms with Gasteiger partial charge in [0, 0.05) is 25.2 Å². The van der Waals surface area contributed by atoms with Crippen LogP contribution >= 0.6 is 15.6 Å². The predicted octanol–water partition coefficient (Wildman–Crippen LogP) is 6.18. The fraction of sp³-hybridized carbons (Fsp3) is 0.846. The fourth-order valence-electron chi connectivity index (χ4n) is 6.35. The zero-order valence-corrected chi connectivity index (χ0v) is 36.0. The minimum atomic E-state index is -4.89. The van der Waals surface area contributed by atoms with Crippen molar-refractivity contribution in [3.05, 3.63) is 24.3 Å². The highest BCUT2D eigenvalue weighted by Crippen LogP contribution is 2.44. The molecule has 0 spiro atoms.